The summed E-state index contributed by atoms with van der Waals surface area (Å²) in [6.07, 6.45) is 10.7. The van der Waals surface area contributed by atoms with Gasteiger partial charge in [-0.2, -0.15) is 0 Å². The van der Waals surface area contributed by atoms with Gasteiger partial charge < -0.3 is 10.8 Å². The molecule has 3 N–H and O–H groups in total. The highest BCUT2D eigenvalue weighted by atomic mass is 16.4. The van der Waals surface area contributed by atoms with Gasteiger partial charge in [0.25, 0.3) is 0 Å². The molecule has 0 saturated heterocycles. The summed E-state index contributed by atoms with van der Waals surface area (Å²) in [5, 5.41) is 8.96. The molecule has 0 spiro atoms. The Labute approximate surface area is 106 Å². The SMILES string of the molecule is CCCCCCCCCCC(C(=O)O)C(C)N. The number of aliphatic carboxylic acids is 1. The average Bonchev–Trinajstić information content (AvgIpc) is 2.26. The molecule has 3 nitrogen and oxygen atoms in total. The first kappa shape index (κ1) is 16.4. The van der Waals surface area contributed by atoms with Crippen LogP contribution in [0.15, 0.2) is 0 Å². The van der Waals surface area contributed by atoms with E-state index in [1.165, 1.54) is 38.5 Å². The van der Waals surface area contributed by atoms with Crippen LogP contribution in [0.1, 0.15) is 71.6 Å². The van der Waals surface area contributed by atoms with E-state index in [0.29, 0.717) is 0 Å². The van der Waals surface area contributed by atoms with E-state index < -0.39 is 5.97 Å². The standard InChI is InChI=1S/C14H29NO2/c1-3-4-5-6-7-8-9-10-11-13(12(2)15)14(16)17/h12-13H,3-11,15H2,1-2H3,(H,16,17). The van der Waals surface area contributed by atoms with Gasteiger partial charge in [-0.1, -0.05) is 58.3 Å². The lowest BCUT2D eigenvalue weighted by Crippen LogP contribution is -2.32. The molecule has 2 unspecified atom stereocenters. The van der Waals surface area contributed by atoms with E-state index in [1.54, 1.807) is 6.92 Å². The third kappa shape index (κ3) is 9.16. The quantitative estimate of drug-likeness (QED) is 0.545. The predicted octanol–water partition coefficient (Wildman–Crippen LogP) is 3.57. The van der Waals surface area contributed by atoms with Gasteiger partial charge in [-0.05, 0) is 13.3 Å². The molecule has 0 aliphatic carbocycles. The molecule has 3 heteroatoms. The Hall–Kier alpha value is -0.570. The van der Waals surface area contributed by atoms with Crippen LogP contribution in [0.3, 0.4) is 0 Å². The lowest BCUT2D eigenvalue weighted by molar-refractivity contribution is -0.142. The van der Waals surface area contributed by atoms with E-state index in [9.17, 15) is 4.79 Å². The third-order valence-corrected chi connectivity index (χ3v) is 3.32. The Bertz CT molecular complexity index is 193. The smallest absolute Gasteiger partial charge is 0.308 e. The Balaban J connectivity index is 3.40. The Morgan fingerprint density at radius 3 is 1.94 bits per heavy atom. The van der Waals surface area contributed by atoms with E-state index >= 15 is 0 Å². The van der Waals surface area contributed by atoms with Crippen molar-refractivity contribution >= 4 is 5.97 Å². The lowest BCUT2D eigenvalue weighted by atomic mass is 9.94. The Morgan fingerprint density at radius 2 is 1.53 bits per heavy atom. The fraction of sp³-hybridized carbons (Fsp3) is 0.929. The molecule has 0 aliphatic heterocycles. The van der Waals surface area contributed by atoms with Gasteiger partial charge in [-0.25, -0.2) is 0 Å². The molecular weight excluding hydrogens is 214 g/mol. The molecule has 0 fully saturated rings. The maximum atomic E-state index is 10.9. The second-order valence-electron chi connectivity index (χ2n) is 5.07. The summed E-state index contributed by atoms with van der Waals surface area (Å²) < 4.78 is 0. The van der Waals surface area contributed by atoms with E-state index in [1.807, 2.05) is 0 Å². The van der Waals surface area contributed by atoms with Gasteiger partial charge in [0, 0.05) is 6.04 Å². The van der Waals surface area contributed by atoms with E-state index in [0.717, 1.165) is 19.3 Å². The first-order chi connectivity index (χ1) is 8.09. The van der Waals surface area contributed by atoms with Gasteiger partial charge in [0.15, 0.2) is 0 Å². The van der Waals surface area contributed by atoms with E-state index in [-0.39, 0.29) is 12.0 Å². The fourth-order valence-corrected chi connectivity index (χ4v) is 2.11. The number of nitrogens with two attached hydrogens (primary N) is 1. The van der Waals surface area contributed by atoms with E-state index in [4.69, 9.17) is 10.8 Å². The zero-order valence-electron chi connectivity index (χ0n) is 11.5. The molecule has 0 heterocycles. The predicted molar refractivity (Wildman–Crippen MR) is 72.0 cm³/mol. The lowest BCUT2D eigenvalue weighted by Gasteiger charge is -2.15. The van der Waals surface area contributed by atoms with Crippen LogP contribution in [0.2, 0.25) is 0 Å². The van der Waals surface area contributed by atoms with Gasteiger partial charge in [0.1, 0.15) is 0 Å². The van der Waals surface area contributed by atoms with Gasteiger partial charge in [0.05, 0.1) is 5.92 Å². The van der Waals surface area contributed by atoms with Crippen LogP contribution in [0.25, 0.3) is 0 Å². The molecule has 0 aromatic carbocycles. The normalized spacial score (nSPS) is 14.5. The van der Waals surface area contributed by atoms with Crippen LogP contribution >= 0.6 is 0 Å². The molecule has 0 rings (SSSR count). The summed E-state index contributed by atoms with van der Waals surface area (Å²) >= 11 is 0. The summed E-state index contributed by atoms with van der Waals surface area (Å²) in [6, 6.07) is -0.239. The maximum Gasteiger partial charge on any atom is 0.308 e. The number of carboxylic acids is 1. The number of hydrogen-bond donors (Lipinski definition) is 2. The van der Waals surface area contributed by atoms with Gasteiger partial charge in [-0.15, -0.1) is 0 Å². The summed E-state index contributed by atoms with van der Waals surface area (Å²) in [6.45, 7) is 4.00. The summed E-state index contributed by atoms with van der Waals surface area (Å²) in [5.41, 5.74) is 5.65. The second kappa shape index (κ2) is 10.6. The van der Waals surface area contributed by atoms with Crippen molar-refractivity contribution < 1.29 is 9.90 Å². The first-order valence-electron chi connectivity index (χ1n) is 7.08. The van der Waals surface area contributed by atoms with Crippen LogP contribution in [-0.2, 0) is 4.79 Å². The van der Waals surface area contributed by atoms with Crippen molar-refractivity contribution in [1.82, 2.24) is 0 Å². The molecule has 0 radical (unpaired) electrons. The monoisotopic (exact) mass is 243 g/mol. The van der Waals surface area contributed by atoms with Crippen molar-refractivity contribution in [1.29, 1.82) is 0 Å². The highest BCUT2D eigenvalue weighted by Gasteiger charge is 2.20. The average molecular weight is 243 g/mol. The number of carbonyl (C=O) groups is 1. The van der Waals surface area contributed by atoms with Crippen LogP contribution in [0.4, 0.5) is 0 Å². The molecule has 0 aromatic rings. The molecule has 0 amide bonds. The summed E-state index contributed by atoms with van der Waals surface area (Å²) in [7, 11) is 0. The summed E-state index contributed by atoms with van der Waals surface area (Å²) in [5.74, 6) is -1.11. The molecule has 102 valence electrons. The molecule has 2 atom stereocenters. The van der Waals surface area contributed by atoms with Crippen LogP contribution in [0.5, 0.6) is 0 Å². The highest BCUT2D eigenvalue weighted by Crippen LogP contribution is 2.15. The molecule has 0 aliphatic rings. The molecule has 0 aromatic heterocycles. The highest BCUT2D eigenvalue weighted by molar-refractivity contribution is 5.70. The Kier molecular flexibility index (Phi) is 10.2. The number of unbranched alkanes of at least 4 members (excludes halogenated alkanes) is 7. The fourth-order valence-electron chi connectivity index (χ4n) is 2.11. The minimum Gasteiger partial charge on any atom is -0.481 e. The zero-order chi connectivity index (χ0) is 13.1. The topological polar surface area (TPSA) is 63.3 Å². The van der Waals surface area contributed by atoms with Crippen LogP contribution in [-0.4, -0.2) is 17.1 Å². The summed E-state index contributed by atoms with van der Waals surface area (Å²) in [4.78, 5) is 10.9. The van der Waals surface area contributed by atoms with Gasteiger partial charge >= 0.3 is 5.97 Å². The largest absolute Gasteiger partial charge is 0.481 e. The molecular formula is C14H29NO2. The van der Waals surface area contributed by atoms with E-state index in [2.05, 4.69) is 6.92 Å². The van der Waals surface area contributed by atoms with Crippen molar-refractivity contribution in [3.05, 3.63) is 0 Å². The first-order valence-corrected chi connectivity index (χ1v) is 7.08. The molecule has 0 saturated carbocycles. The van der Waals surface area contributed by atoms with Gasteiger partial charge in [-0.3, -0.25) is 4.79 Å². The third-order valence-electron chi connectivity index (χ3n) is 3.32. The van der Waals surface area contributed by atoms with Crippen molar-refractivity contribution in [3.8, 4) is 0 Å². The van der Waals surface area contributed by atoms with Crippen molar-refractivity contribution in [2.24, 2.45) is 11.7 Å². The van der Waals surface area contributed by atoms with Crippen molar-refractivity contribution in [2.45, 2.75) is 77.7 Å². The number of carboxylic acid groups (broad SMARTS) is 1. The van der Waals surface area contributed by atoms with Crippen molar-refractivity contribution in [2.75, 3.05) is 0 Å². The van der Waals surface area contributed by atoms with Gasteiger partial charge in [0.2, 0.25) is 0 Å². The minimum atomic E-state index is -0.747. The van der Waals surface area contributed by atoms with Crippen LogP contribution in [0, 0.1) is 5.92 Å². The van der Waals surface area contributed by atoms with Crippen molar-refractivity contribution in [3.63, 3.8) is 0 Å². The minimum absolute atomic E-state index is 0.239. The second-order valence-corrected chi connectivity index (χ2v) is 5.07. The maximum absolute atomic E-state index is 10.9. The Morgan fingerprint density at radius 1 is 1.06 bits per heavy atom. The molecule has 0 bridgehead atoms. The number of hydrogen-bond acceptors (Lipinski definition) is 2. The zero-order valence-corrected chi connectivity index (χ0v) is 11.5. The molecule has 17 heavy (non-hydrogen) atoms. The van der Waals surface area contributed by atoms with Crippen LogP contribution < -0.4 is 5.73 Å². The number of rotatable bonds is 11.